The van der Waals surface area contributed by atoms with Crippen molar-refractivity contribution in [2.24, 2.45) is 0 Å². The van der Waals surface area contributed by atoms with Crippen molar-refractivity contribution in [3.8, 4) is 16.9 Å². The third-order valence-electron chi connectivity index (χ3n) is 2.52. The maximum absolute atomic E-state index is 6.17. The Morgan fingerprint density at radius 1 is 1.00 bits per heavy atom. The normalized spacial score (nSPS) is 10.2. The fourth-order valence-electron chi connectivity index (χ4n) is 1.63. The minimum absolute atomic E-state index is 0.774. The van der Waals surface area contributed by atoms with Gasteiger partial charge in [0.05, 0.1) is 7.11 Å². The number of rotatable bonds is 2. The van der Waals surface area contributed by atoms with Gasteiger partial charge in [-0.25, -0.2) is 0 Å². The van der Waals surface area contributed by atoms with E-state index in [1.165, 1.54) is 5.56 Å². The van der Waals surface area contributed by atoms with Crippen LogP contribution in [-0.2, 0) is 0 Å². The fraction of sp³-hybridized carbons (Fsp3) is 0.143. The zero-order valence-electron chi connectivity index (χ0n) is 9.33. The SMILES string of the molecule is COc1ccc(-c2cc(C)ccc2Cl)cc1. The molecule has 2 rings (SSSR count). The maximum Gasteiger partial charge on any atom is 0.118 e. The van der Waals surface area contributed by atoms with Gasteiger partial charge in [-0.15, -0.1) is 0 Å². The Balaban J connectivity index is 2.45. The van der Waals surface area contributed by atoms with Crippen LogP contribution in [0.5, 0.6) is 5.75 Å². The predicted octanol–water partition coefficient (Wildman–Crippen LogP) is 4.32. The van der Waals surface area contributed by atoms with Crippen molar-refractivity contribution in [2.75, 3.05) is 7.11 Å². The van der Waals surface area contributed by atoms with Gasteiger partial charge in [0.2, 0.25) is 0 Å². The smallest absolute Gasteiger partial charge is 0.118 e. The molecule has 0 spiro atoms. The van der Waals surface area contributed by atoms with Gasteiger partial charge >= 0.3 is 0 Å². The van der Waals surface area contributed by atoms with Crippen LogP contribution in [0.4, 0.5) is 0 Å². The standard InChI is InChI=1S/C14H13ClO/c1-10-3-8-14(15)13(9-10)11-4-6-12(16-2)7-5-11/h3-9H,1-2H3. The first-order valence-corrected chi connectivity index (χ1v) is 5.49. The van der Waals surface area contributed by atoms with Crippen LogP contribution in [0.25, 0.3) is 11.1 Å². The number of methoxy groups -OCH3 is 1. The van der Waals surface area contributed by atoms with E-state index in [-0.39, 0.29) is 0 Å². The summed E-state index contributed by atoms with van der Waals surface area (Å²) >= 11 is 6.17. The van der Waals surface area contributed by atoms with Crippen molar-refractivity contribution >= 4 is 11.6 Å². The van der Waals surface area contributed by atoms with E-state index in [1.807, 2.05) is 36.4 Å². The third-order valence-corrected chi connectivity index (χ3v) is 2.85. The second kappa shape index (κ2) is 4.58. The zero-order valence-corrected chi connectivity index (χ0v) is 10.1. The molecule has 2 aromatic rings. The van der Waals surface area contributed by atoms with E-state index in [0.717, 1.165) is 21.9 Å². The summed E-state index contributed by atoms with van der Waals surface area (Å²) in [7, 11) is 1.66. The van der Waals surface area contributed by atoms with Gasteiger partial charge in [-0.05, 0) is 36.8 Å². The van der Waals surface area contributed by atoms with Crippen LogP contribution in [0.2, 0.25) is 5.02 Å². The Morgan fingerprint density at radius 3 is 2.31 bits per heavy atom. The molecule has 0 saturated heterocycles. The van der Waals surface area contributed by atoms with Crippen LogP contribution in [0, 0.1) is 6.92 Å². The Labute approximate surface area is 101 Å². The Kier molecular flexibility index (Phi) is 3.16. The van der Waals surface area contributed by atoms with Gasteiger partial charge in [-0.3, -0.25) is 0 Å². The summed E-state index contributed by atoms with van der Waals surface area (Å²) < 4.78 is 5.13. The minimum Gasteiger partial charge on any atom is -0.497 e. The number of hydrogen-bond donors (Lipinski definition) is 0. The molecule has 0 saturated carbocycles. The second-order valence-electron chi connectivity index (χ2n) is 3.71. The van der Waals surface area contributed by atoms with Crippen molar-refractivity contribution in [1.29, 1.82) is 0 Å². The Morgan fingerprint density at radius 2 is 1.69 bits per heavy atom. The van der Waals surface area contributed by atoms with Crippen LogP contribution in [0.3, 0.4) is 0 Å². The highest BCUT2D eigenvalue weighted by Crippen LogP contribution is 2.29. The first-order chi connectivity index (χ1) is 7.70. The van der Waals surface area contributed by atoms with Crippen molar-refractivity contribution < 1.29 is 4.74 Å². The van der Waals surface area contributed by atoms with E-state index >= 15 is 0 Å². The summed E-state index contributed by atoms with van der Waals surface area (Å²) in [6, 6.07) is 13.9. The molecular formula is C14H13ClO. The molecule has 0 bridgehead atoms. The number of aryl methyl sites for hydroxylation is 1. The Bertz CT molecular complexity index is 489. The number of hydrogen-bond acceptors (Lipinski definition) is 1. The minimum atomic E-state index is 0.774. The quantitative estimate of drug-likeness (QED) is 0.749. The van der Waals surface area contributed by atoms with E-state index in [0.29, 0.717) is 0 Å². The second-order valence-corrected chi connectivity index (χ2v) is 4.12. The van der Waals surface area contributed by atoms with Crippen molar-refractivity contribution in [2.45, 2.75) is 6.92 Å². The van der Waals surface area contributed by atoms with Crippen LogP contribution in [0.15, 0.2) is 42.5 Å². The predicted molar refractivity (Wildman–Crippen MR) is 68.2 cm³/mol. The number of benzene rings is 2. The highest BCUT2D eigenvalue weighted by molar-refractivity contribution is 6.33. The molecule has 2 aromatic carbocycles. The van der Waals surface area contributed by atoms with Crippen LogP contribution in [-0.4, -0.2) is 7.11 Å². The molecule has 0 heterocycles. The topological polar surface area (TPSA) is 9.23 Å². The molecule has 0 unspecified atom stereocenters. The first-order valence-electron chi connectivity index (χ1n) is 5.11. The molecule has 2 heteroatoms. The van der Waals surface area contributed by atoms with Gasteiger partial charge in [0.25, 0.3) is 0 Å². The molecule has 0 fully saturated rings. The highest BCUT2D eigenvalue weighted by atomic mass is 35.5. The van der Waals surface area contributed by atoms with Gasteiger partial charge in [0.1, 0.15) is 5.75 Å². The molecule has 0 aromatic heterocycles. The lowest BCUT2D eigenvalue weighted by Crippen LogP contribution is -1.84. The van der Waals surface area contributed by atoms with Crippen LogP contribution < -0.4 is 4.74 Å². The summed E-state index contributed by atoms with van der Waals surface area (Å²) in [5.74, 6) is 0.854. The fourth-order valence-corrected chi connectivity index (χ4v) is 1.86. The number of halogens is 1. The molecule has 0 N–H and O–H groups in total. The largest absolute Gasteiger partial charge is 0.497 e. The summed E-state index contributed by atoms with van der Waals surface area (Å²) in [4.78, 5) is 0. The molecule has 0 atom stereocenters. The molecule has 0 aliphatic carbocycles. The maximum atomic E-state index is 6.17. The lowest BCUT2D eigenvalue weighted by molar-refractivity contribution is 0.415. The van der Waals surface area contributed by atoms with Gasteiger partial charge in [-0.2, -0.15) is 0 Å². The molecular weight excluding hydrogens is 220 g/mol. The average Bonchev–Trinajstić information content (AvgIpc) is 2.32. The lowest BCUT2D eigenvalue weighted by atomic mass is 10.0. The zero-order chi connectivity index (χ0) is 11.5. The van der Waals surface area contributed by atoms with Crippen molar-refractivity contribution in [1.82, 2.24) is 0 Å². The average molecular weight is 233 g/mol. The van der Waals surface area contributed by atoms with Crippen molar-refractivity contribution in [3.63, 3.8) is 0 Å². The van der Waals surface area contributed by atoms with E-state index in [9.17, 15) is 0 Å². The van der Waals surface area contributed by atoms with E-state index in [4.69, 9.17) is 16.3 Å². The van der Waals surface area contributed by atoms with E-state index < -0.39 is 0 Å². The molecule has 82 valence electrons. The van der Waals surface area contributed by atoms with Gasteiger partial charge in [-0.1, -0.05) is 35.4 Å². The molecule has 0 aliphatic heterocycles. The molecule has 1 nitrogen and oxygen atoms in total. The molecule has 16 heavy (non-hydrogen) atoms. The number of ether oxygens (including phenoxy) is 1. The van der Waals surface area contributed by atoms with Gasteiger partial charge < -0.3 is 4.74 Å². The van der Waals surface area contributed by atoms with E-state index in [2.05, 4.69) is 13.0 Å². The first kappa shape index (κ1) is 11.0. The van der Waals surface area contributed by atoms with Crippen LogP contribution in [0.1, 0.15) is 5.56 Å². The summed E-state index contributed by atoms with van der Waals surface area (Å²) in [6.45, 7) is 2.06. The summed E-state index contributed by atoms with van der Waals surface area (Å²) in [5, 5.41) is 0.774. The third kappa shape index (κ3) is 2.20. The molecule has 0 amide bonds. The summed E-state index contributed by atoms with van der Waals surface area (Å²) in [6.07, 6.45) is 0. The monoisotopic (exact) mass is 232 g/mol. The highest BCUT2D eigenvalue weighted by Gasteiger charge is 2.03. The molecule has 0 aliphatic rings. The Hall–Kier alpha value is -1.47. The summed E-state index contributed by atoms with van der Waals surface area (Å²) in [5.41, 5.74) is 3.37. The van der Waals surface area contributed by atoms with Crippen LogP contribution >= 0.6 is 11.6 Å². The van der Waals surface area contributed by atoms with Gasteiger partial charge in [0.15, 0.2) is 0 Å². The lowest BCUT2D eigenvalue weighted by Gasteiger charge is -2.07. The van der Waals surface area contributed by atoms with Gasteiger partial charge in [0, 0.05) is 10.6 Å². The van der Waals surface area contributed by atoms with E-state index in [1.54, 1.807) is 7.11 Å². The van der Waals surface area contributed by atoms with Crippen molar-refractivity contribution in [3.05, 3.63) is 53.1 Å². The molecule has 0 radical (unpaired) electrons.